The van der Waals surface area contributed by atoms with Gasteiger partial charge >= 0.3 is 0 Å². The first-order valence-corrected chi connectivity index (χ1v) is 16.4. The largest absolute Gasteiger partial charge is 0.390 e. The third-order valence-corrected chi connectivity index (χ3v) is 12.0. The molecule has 6 aliphatic rings. The van der Waals surface area contributed by atoms with Gasteiger partial charge in [-0.05, 0) is 94.3 Å². The highest BCUT2D eigenvalue weighted by atomic mass is 16.3. The summed E-state index contributed by atoms with van der Waals surface area (Å²) in [5.41, 5.74) is 6.14. The van der Waals surface area contributed by atoms with E-state index in [2.05, 4.69) is 17.6 Å². The Bertz CT molecular complexity index is 844. The van der Waals surface area contributed by atoms with Gasteiger partial charge in [-0.1, -0.05) is 39.0 Å². The van der Waals surface area contributed by atoms with Gasteiger partial charge < -0.3 is 21.5 Å². The molecule has 1 saturated heterocycles. The summed E-state index contributed by atoms with van der Waals surface area (Å²) < 4.78 is 0. The molecular weight excluding hydrogens is 474 g/mol. The number of nitrogens with two attached hydrogens (primary N) is 1. The van der Waals surface area contributed by atoms with E-state index >= 15 is 0 Å². The maximum absolute atomic E-state index is 13.8. The maximum Gasteiger partial charge on any atom is 0.226 e. The number of carbonyl (C=O) groups excluding carboxylic acids is 1. The molecule has 5 N–H and O–H groups in total. The van der Waals surface area contributed by atoms with Crippen LogP contribution in [0.15, 0.2) is 10.2 Å². The average molecular weight is 528 g/mol. The van der Waals surface area contributed by atoms with Crippen molar-refractivity contribution >= 4 is 5.91 Å². The van der Waals surface area contributed by atoms with E-state index < -0.39 is 6.10 Å². The fourth-order valence-electron chi connectivity index (χ4n) is 9.87. The fourth-order valence-corrected chi connectivity index (χ4v) is 9.87. The number of azo groups is 1. The lowest BCUT2D eigenvalue weighted by Crippen LogP contribution is -2.60. The highest BCUT2D eigenvalue weighted by Crippen LogP contribution is 2.53. The summed E-state index contributed by atoms with van der Waals surface area (Å²) in [5.74, 6) is 2.45. The third-order valence-electron chi connectivity index (χ3n) is 12.0. The van der Waals surface area contributed by atoms with Crippen LogP contribution in [0, 0.1) is 35.5 Å². The molecule has 214 valence electrons. The minimum absolute atomic E-state index is 0.0697. The average Bonchev–Trinajstić information content (AvgIpc) is 3.32. The van der Waals surface area contributed by atoms with E-state index in [0.29, 0.717) is 29.8 Å². The summed E-state index contributed by atoms with van der Waals surface area (Å²) >= 11 is 0. The van der Waals surface area contributed by atoms with Crippen molar-refractivity contribution in [2.75, 3.05) is 0 Å². The molecule has 6 fully saturated rings. The molecule has 7 heteroatoms. The summed E-state index contributed by atoms with van der Waals surface area (Å²) in [7, 11) is 0. The fraction of sp³-hybridized carbons (Fsp3) is 0.968. The van der Waals surface area contributed by atoms with Gasteiger partial charge in [0, 0.05) is 30.1 Å². The van der Waals surface area contributed by atoms with Crippen molar-refractivity contribution in [3.8, 4) is 0 Å². The number of hydrogen-bond acceptors (Lipinski definition) is 6. The summed E-state index contributed by atoms with van der Waals surface area (Å²) in [5, 5.41) is 29.3. The number of nitrogens with one attached hydrogen (secondary N) is 2. The van der Waals surface area contributed by atoms with Crippen LogP contribution in [0.5, 0.6) is 0 Å². The Labute approximate surface area is 229 Å². The molecule has 6 rings (SSSR count). The molecule has 1 amide bonds. The first kappa shape index (κ1) is 27.1. The molecular formula is C31H53N5O2. The van der Waals surface area contributed by atoms with Crippen molar-refractivity contribution in [1.82, 2.24) is 10.6 Å². The van der Waals surface area contributed by atoms with Crippen LogP contribution in [0.1, 0.15) is 110 Å². The van der Waals surface area contributed by atoms with E-state index in [9.17, 15) is 9.90 Å². The van der Waals surface area contributed by atoms with Crippen molar-refractivity contribution in [3.63, 3.8) is 0 Å². The van der Waals surface area contributed by atoms with Crippen LogP contribution in [0.4, 0.5) is 0 Å². The van der Waals surface area contributed by atoms with Crippen LogP contribution in [0.2, 0.25) is 0 Å². The molecule has 0 bridgehead atoms. The van der Waals surface area contributed by atoms with Crippen LogP contribution in [-0.4, -0.2) is 53.4 Å². The van der Waals surface area contributed by atoms with Crippen LogP contribution in [0.3, 0.4) is 0 Å². The molecule has 5 saturated carbocycles. The monoisotopic (exact) mass is 527 g/mol. The Morgan fingerprint density at radius 2 is 1.68 bits per heavy atom. The summed E-state index contributed by atoms with van der Waals surface area (Å²) in [6.07, 6.45) is 17.6. The number of aliphatic hydroxyl groups is 1. The van der Waals surface area contributed by atoms with Gasteiger partial charge in [-0.2, -0.15) is 10.2 Å². The first-order valence-electron chi connectivity index (χ1n) is 16.4. The van der Waals surface area contributed by atoms with Gasteiger partial charge in [-0.3, -0.25) is 4.79 Å². The third kappa shape index (κ3) is 5.33. The number of fused-ring (bicyclic) bond motifs is 5. The van der Waals surface area contributed by atoms with Crippen molar-refractivity contribution in [3.05, 3.63) is 0 Å². The number of hydrogen-bond donors (Lipinski definition) is 4. The molecule has 0 radical (unpaired) electrons. The SMILES string of the molecule is CCC1CCCCC1NC(=O)C1CC2CCC3C4CCCCC4NC3C2C(N=NC2CCC(N)CC2)C1O. The first-order chi connectivity index (χ1) is 18.5. The maximum atomic E-state index is 13.8. The Kier molecular flexibility index (Phi) is 8.44. The molecule has 0 aromatic heterocycles. The predicted molar refractivity (Wildman–Crippen MR) is 150 cm³/mol. The Morgan fingerprint density at radius 3 is 2.50 bits per heavy atom. The smallest absolute Gasteiger partial charge is 0.226 e. The summed E-state index contributed by atoms with van der Waals surface area (Å²) in [4.78, 5) is 13.8. The molecule has 0 spiro atoms. The van der Waals surface area contributed by atoms with Crippen LogP contribution < -0.4 is 16.4 Å². The van der Waals surface area contributed by atoms with E-state index in [1.807, 2.05) is 0 Å². The molecule has 5 aliphatic carbocycles. The van der Waals surface area contributed by atoms with Crippen LogP contribution >= 0.6 is 0 Å². The highest BCUT2D eigenvalue weighted by Gasteiger charge is 2.57. The molecule has 38 heavy (non-hydrogen) atoms. The molecule has 1 aliphatic heterocycles. The van der Waals surface area contributed by atoms with Gasteiger partial charge in [-0.15, -0.1) is 0 Å². The number of carbonyl (C=O) groups is 1. The van der Waals surface area contributed by atoms with Crippen molar-refractivity contribution in [2.45, 2.75) is 152 Å². The van der Waals surface area contributed by atoms with Gasteiger partial charge in [0.05, 0.1) is 18.1 Å². The van der Waals surface area contributed by atoms with Crippen molar-refractivity contribution < 1.29 is 9.90 Å². The van der Waals surface area contributed by atoms with Crippen LogP contribution in [0.25, 0.3) is 0 Å². The zero-order valence-electron chi connectivity index (χ0n) is 23.6. The molecule has 7 nitrogen and oxygen atoms in total. The molecule has 0 aromatic carbocycles. The van der Waals surface area contributed by atoms with Gasteiger partial charge in [-0.25, -0.2) is 0 Å². The van der Waals surface area contributed by atoms with E-state index in [0.717, 1.165) is 50.9 Å². The minimum Gasteiger partial charge on any atom is -0.390 e. The Balaban J connectivity index is 1.23. The van der Waals surface area contributed by atoms with E-state index in [-0.39, 0.29) is 41.9 Å². The summed E-state index contributed by atoms with van der Waals surface area (Å²) in [6, 6.07) is 1.51. The molecule has 0 aromatic rings. The van der Waals surface area contributed by atoms with E-state index in [1.54, 1.807) is 0 Å². The van der Waals surface area contributed by atoms with E-state index in [1.165, 1.54) is 57.8 Å². The van der Waals surface area contributed by atoms with Crippen molar-refractivity contribution in [2.24, 2.45) is 51.5 Å². The minimum atomic E-state index is -0.752. The number of nitrogens with zero attached hydrogens (tertiary/aromatic N) is 2. The van der Waals surface area contributed by atoms with Gasteiger partial charge in [0.15, 0.2) is 0 Å². The van der Waals surface area contributed by atoms with E-state index in [4.69, 9.17) is 16.0 Å². The predicted octanol–water partition coefficient (Wildman–Crippen LogP) is 4.72. The lowest BCUT2D eigenvalue weighted by molar-refractivity contribution is -0.137. The normalized spacial score (nSPS) is 49.2. The number of aliphatic hydroxyl groups excluding tert-OH is 1. The quantitative estimate of drug-likeness (QED) is 0.388. The summed E-state index contributed by atoms with van der Waals surface area (Å²) in [6.45, 7) is 2.24. The molecule has 1 heterocycles. The number of amides is 1. The second kappa shape index (κ2) is 11.8. The van der Waals surface area contributed by atoms with Crippen molar-refractivity contribution in [1.29, 1.82) is 0 Å². The van der Waals surface area contributed by atoms with Crippen LogP contribution in [-0.2, 0) is 4.79 Å². The molecule has 11 atom stereocenters. The Morgan fingerprint density at radius 1 is 0.921 bits per heavy atom. The Hall–Kier alpha value is -1.05. The second-order valence-electron chi connectivity index (χ2n) is 14.0. The van der Waals surface area contributed by atoms with Gasteiger partial charge in [0.25, 0.3) is 0 Å². The lowest BCUT2D eigenvalue weighted by atomic mass is 9.58. The van der Waals surface area contributed by atoms with Gasteiger partial charge in [0.2, 0.25) is 5.91 Å². The highest BCUT2D eigenvalue weighted by molar-refractivity contribution is 5.80. The zero-order chi connectivity index (χ0) is 26.2. The molecule has 11 unspecified atom stereocenters. The zero-order valence-corrected chi connectivity index (χ0v) is 23.6. The lowest BCUT2D eigenvalue weighted by Gasteiger charge is -2.50. The topological polar surface area (TPSA) is 112 Å². The number of rotatable bonds is 5. The van der Waals surface area contributed by atoms with Gasteiger partial charge in [0.1, 0.15) is 6.04 Å². The standard InChI is InChI=1S/C31H53N5O2/c1-2-18-7-3-5-9-25(18)34-31(38)24-17-19-11-16-23-22-8-4-6-10-26(22)33-28(23)27(19)29(30(24)37)36-35-21-14-12-20(32)13-15-21/h18-30,33,37H,2-17,32H2,1H3,(H,34,38). The second-order valence-corrected chi connectivity index (χ2v) is 14.0.